The molecule has 25 heavy (non-hydrogen) atoms. The lowest BCUT2D eigenvalue weighted by Gasteiger charge is -2.24. The highest BCUT2D eigenvalue weighted by molar-refractivity contribution is 8.04. The number of allylic oxidation sites excluding steroid dienone is 1. The Hall–Kier alpha value is -1.63. The molecule has 2 heterocycles. The number of hydrogen-bond donors (Lipinski definition) is 1. The molecule has 4 amide bonds. The number of nitrogens with zero attached hydrogens (tertiary/aromatic N) is 2. The highest BCUT2D eigenvalue weighted by Crippen LogP contribution is 2.28. The van der Waals surface area contributed by atoms with Crippen molar-refractivity contribution in [2.45, 2.75) is 45.8 Å². The third-order valence-electron chi connectivity index (χ3n) is 4.26. The van der Waals surface area contributed by atoms with E-state index >= 15 is 0 Å². The summed E-state index contributed by atoms with van der Waals surface area (Å²) in [5.41, 5.74) is 0.625. The quantitative estimate of drug-likeness (QED) is 0.669. The average molecular weight is 367 g/mol. The molecule has 138 valence electrons. The monoisotopic (exact) mass is 366 g/mol. The normalized spacial score (nSPS) is 20.1. The molecular formula is C18H28N3O3S+. The predicted octanol–water partition coefficient (Wildman–Crippen LogP) is 2.24. The number of nitrogens with one attached hydrogen (secondary N) is 1. The van der Waals surface area contributed by atoms with Crippen molar-refractivity contribution in [3.8, 4) is 0 Å². The van der Waals surface area contributed by atoms with Crippen molar-refractivity contribution < 1.29 is 19.0 Å². The third-order valence-corrected chi connectivity index (χ3v) is 5.27. The summed E-state index contributed by atoms with van der Waals surface area (Å²) in [7, 11) is 0. The lowest BCUT2D eigenvalue weighted by molar-refractivity contribution is -0.426. The van der Waals surface area contributed by atoms with Crippen LogP contribution in [0.15, 0.2) is 11.5 Å². The minimum atomic E-state index is -0.409. The van der Waals surface area contributed by atoms with Gasteiger partial charge in [-0.2, -0.15) is 14.3 Å². The fourth-order valence-corrected chi connectivity index (χ4v) is 3.67. The first kappa shape index (κ1) is 19.7. The summed E-state index contributed by atoms with van der Waals surface area (Å²) in [4.78, 5) is 38.9. The molecule has 1 atom stereocenters. The molecule has 0 aromatic carbocycles. The second-order valence-corrected chi connectivity index (χ2v) is 8.33. The Kier molecular flexibility index (Phi) is 6.81. The van der Waals surface area contributed by atoms with Gasteiger partial charge in [0, 0.05) is 6.54 Å². The molecule has 0 fully saturated rings. The summed E-state index contributed by atoms with van der Waals surface area (Å²) < 4.78 is 1.45. The van der Waals surface area contributed by atoms with Crippen LogP contribution in [0, 0.1) is 11.8 Å². The van der Waals surface area contributed by atoms with Gasteiger partial charge in [0.1, 0.15) is 5.71 Å². The minimum Gasteiger partial charge on any atom is -0.353 e. The van der Waals surface area contributed by atoms with Crippen LogP contribution in [0.5, 0.6) is 0 Å². The van der Waals surface area contributed by atoms with Crippen LogP contribution < -0.4 is 5.32 Å². The Morgan fingerprint density at radius 2 is 1.92 bits per heavy atom. The number of amides is 4. The summed E-state index contributed by atoms with van der Waals surface area (Å²) >= 11 is 1.39. The number of fused-ring (bicyclic) bond motifs is 1. The third kappa shape index (κ3) is 4.93. The lowest BCUT2D eigenvalue weighted by atomic mass is 10.1. The average Bonchev–Trinajstić information content (AvgIpc) is 3.00. The van der Waals surface area contributed by atoms with E-state index in [9.17, 15) is 14.4 Å². The van der Waals surface area contributed by atoms with Crippen molar-refractivity contribution in [2.75, 3.05) is 19.6 Å². The van der Waals surface area contributed by atoms with Crippen LogP contribution in [0.1, 0.15) is 40.5 Å². The van der Waals surface area contributed by atoms with E-state index in [1.54, 1.807) is 6.08 Å². The first-order valence-corrected chi connectivity index (χ1v) is 9.84. The van der Waals surface area contributed by atoms with Gasteiger partial charge < -0.3 is 5.32 Å². The van der Waals surface area contributed by atoms with Gasteiger partial charge in [0.25, 0.3) is 5.91 Å². The summed E-state index contributed by atoms with van der Waals surface area (Å²) in [5, 5.41) is 4.27. The van der Waals surface area contributed by atoms with Crippen LogP contribution in [0.3, 0.4) is 0 Å². The van der Waals surface area contributed by atoms with E-state index in [4.69, 9.17) is 0 Å². The minimum absolute atomic E-state index is 0.0425. The molecular weight excluding hydrogens is 338 g/mol. The largest absolute Gasteiger partial charge is 0.501 e. The first-order chi connectivity index (χ1) is 11.8. The zero-order valence-corrected chi connectivity index (χ0v) is 16.3. The number of hydrogen-bond acceptors (Lipinski definition) is 4. The van der Waals surface area contributed by atoms with E-state index in [0.29, 0.717) is 30.6 Å². The zero-order valence-electron chi connectivity index (χ0n) is 15.4. The standard InChI is InChI=1S/C18H27N3O3S/c1-12(2)5-8-19-15(22)11-21-14-7-10-25-16(14)17(23)20(18(21)24)9-6-13(3)4/h7,10,12-13,16H,5-6,8-9,11H2,1-4H3/p+1. The maximum Gasteiger partial charge on any atom is 0.501 e. The molecule has 0 aromatic rings. The van der Waals surface area contributed by atoms with Crippen LogP contribution in [-0.4, -0.2) is 57.9 Å². The van der Waals surface area contributed by atoms with Crippen molar-refractivity contribution in [3.05, 3.63) is 11.5 Å². The fraction of sp³-hybridized carbons (Fsp3) is 0.667. The van der Waals surface area contributed by atoms with Crippen LogP contribution in [0.25, 0.3) is 0 Å². The lowest BCUT2D eigenvalue weighted by Crippen LogP contribution is -2.56. The maximum absolute atomic E-state index is 12.8. The predicted molar refractivity (Wildman–Crippen MR) is 99.7 cm³/mol. The summed E-state index contributed by atoms with van der Waals surface area (Å²) in [5.74, 6) is 0.540. The number of imide groups is 1. The van der Waals surface area contributed by atoms with Crippen molar-refractivity contribution in [1.82, 2.24) is 10.2 Å². The van der Waals surface area contributed by atoms with Gasteiger partial charge in [0.2, 0.25) is 0 Å². The maximum atomic E-state index is 12.8. The molecule has 0 aromatic heterocycles. The topological polar surface area (TPSA) is 69.5 Å². The van der Waals surface area contributed by atoms with E-state index in [1.165, 1.54) is 21.2 Å². The van der Waals surface area contributed by atoms with Crippen molar-refractivity contribution in [2.24, 2.45) is 11.8 Å². The second kappa shape index (κ2) is 8.65. The molecule has 2 aliphatic heterocycles. The molecule has 6 nitrogen and oxygen atoms in total. The summed E-state index contributed by atoms with van der Waals surface area (Å²) in [6, 6.07) is -0.386. The van der Waals surface area contributed by atoms with E-state index in [0.717, 1.165) is 12.8 Å². The highest BCUT2D eigenvalue weighted by Gasteiger charge is 2.49. The molecule has 0 spiro atoms. The molecule has 0 saturated carbocycles. The molecule has 2 aliphatic rings. The molecule has 7 heteroatoms. The SMILES string of the molecule is CC(C)CCNC(=O)C[N+]1=C2C=CSC2C(=O)N(CCC(C)C)C1=O. The van der Waals surface area contributed by atoms with E-state index < -0.39 is 5.25 Å². The van der Waals surface area contributed by atoms with Crippen LogP contribution in [0.2, 0.25) is 0 Å². The molecule has 0 bridgehead atoms. The smallest absolute Gasteiger partial charge is 0.353 e. The molecule has 0 aliphatic carbocycles. The number of carbonyl (C=O) groups is 3. The molecule has 1 N–H and O–H groups in total. The summed E-state index contributed by atoms with van der Waals surface area (Å²) in [6.45, 7) is 9.26. The fourth-order valence-electron chi connectivity index (χ4n) is 2.70. The van der Waals surface area contributed by atoms with Gasteiger partial charge in [0.15, 0.2) is 11.8 Å². The van der Waals surface area contributed by atoms with Crippen LogP contribution >= 0.6 is 11.8 Å². The molecule has 1 unspecified atom stereocenters. The van der Waals surface area contributed by atoms with Gasteiger partial charge in [-0.1, -0.05) is 27.7 Å². The second-order valence-electron chi connectivity index (χ2n) is 7.32. The number of urea groups is 1. The summed E-state index contributed by atoms with van der Waals surface area (Å²) in [6.07, 6.45) is 3.42. The van der Waals surface area contributed by atoms with Gasteiger partial charge in [-0.15, -0.1) is 11.8 Å². The molecule has 2 rings (SSSR count). The van der Waals surface area contributed by atoms with Gasteiger partial charge in [-0.3, -0.25) is 4.79 Å². The van der Waals surface area contributed by atoms with Crippen molar-refractivity contribution >= 4 is 35.3 Å². The zero-order chi connectivity index (χ0) is 18.6. The van der Waals surface area contributed by atoms with Crippen LogP contribution in [0.4, 0.5) is 4.79 Å². The Balaban J connectivity index is 2.11. The van der Waals surface area contributed by atoms with Gasteiger partial charge in [-0.25, -0.2) is 4.79 Å². The number of carbonyl (C=O) groups excluding carboxylic acids is 3. The van der Waals surface area contributed by atoms with Gasteiger partial charge in [0.05, 0.1) is 6.54 Å². The van der Waals surface area contributed by atoms with Crippen LogP contribution in [-0.2, 0) is 9.59 Å². The van der Waals surface area contributed by atoms with E-state index in [-0.39, 0.29) is 24.4 Å². The van der Waals surface area contributed by atoms with Crippen molar-refractivity contribution in [3.63, 3.8) is 0 Å². The number of thioether (sulfide) groups is 1. The van der Waals surface area contributed by atoms with Gasteiger partial charge in [-0.05, 0) is 36.2 Å². The molecule has 0 radical (unpaired) electrons. The highest BCUT2D eigenvalue weighted by atomic mass is 32.2. The van der Waals surface area contributed by atoms with E-state index in [1.807, 2.05) is 5.41 Å². The van der Waals surface area contributed by atoms with Crippen molar-refractivity contribution in [1.29, 1.82) is 0 Å². The Bertz CT molecular complexity index is 611. The number of rotatable bonds is 8. The Morgan fingerprint density at radius 1 is 1.24 bits per heavy atom. The Morgan fingerprint density at radius 3 is 2.56 bits per heavy atom. The van der Waals surface area contributed by atoms with Gasteiger partial charge >= 0.3 is 11.9 Å². The molecule has 0 saturated heterocycles. The van der Waals surface area contributed by atoms with E-state index in [2.05, 4.69) is 33.0 Å². The Labute approximate surface area is 153 Å². The first-order valence-electron chi connectivity index (χ1n) is 8.89.